The van der Waals surface area contributed by atoms with E-state index in [4.69, 9.17) is 0 Å². The van der Waals surface area contributed by atoms with E-state index in [0.29, 0.717) is 16.7 Å². The molecule has 0 spiro atoms. The minimum atomic E-state index is -0.117. The number of aryl methyl sites for hydroxylation is 1. The Morgan fingerprint density at radius 1 is 1.14 bits per heavy atom. The molecule has 29 heavy (non-hydrogen) atoms. The van der Waals surface area contributed by atoms with Gasteiger partial charge in [0.15, 0.2) is 11.0 Å². The lowest BCUT2D eigenvalue weighted by Gasteiger charge is -2.13. The molecule has 6 nitrogen and oxygen atoms in total. The van der Waals surface area contributed by atoms with Gasteiger partial charge in [0.05, 0.1) is 16.2 Å². The van der Waals surface area contributed by atoms with Gasteiger partial charge in [-0.15, -0.1) is 10.2 Å². The maximum absolute atomic E-state index is 12.4. The molecule has 4 rings (SSSR count). The molecule has 7 heteroatoms. The summed E-state index contributed by atoms with van der Waals surface area (Å²) in [4.78, 5) is 20.0. The smallest absolute Gasteiger partial charge is 0.258 e. The first-order valence-corrected chi connectivity index (χ1v) is 10.6. The summed E-state index contributed by atoms with van der Waals surface area (Å²) in [5.41, 5.74) is 2.83. The first kappa shape index (κ1) is 19.4. The van der Waals surface area contributed by atoms with Crippen LogP contribution in [-0.4, -0.2) is 24.7 Å². The Morgan fingerprint density at radius 3 is 2.76 bits per heavy atom. The number of H-pyrrole nitrogens is 1. The largest absolute Gasteiger partial charge is 0.309 e. The summed E-state index contributed by atoms with van der Waals surface area (Å²) in [6.07, 6.45) is 0.976. The van der Waals surface area contributed by atoms with Gasteiger partial charge in [0, 0.05) is 12.1 Å². The van der Waals surface area contributed by atoms with Gasteiger partial charge in [0.2, 0.25) is 0 Å². The summed E-state index contributed by atoms with van der Waals surface area (Å²) in [6, 6.07) is 15.7. The lowest BCUT2D eigenvalue weighted by atomic mass is 10.1. The van der Waals surface area contributed by atoms with E-state index < -0.39 is 0 Å². The van der Waals surface area contributed by atoms with Gasteiger partial charge < -0.3 is 9.55 Å². The molecule has 0 aliphatic carbocycles. The molecule has 0 saturated carbocycles. The molecule has 148 valence electrons. The number of benzene rings is 2. The molecular formula is C22H23N5OS. The minimum absolute atomic E-state index is 0.0718. The molecule has 2 aromatic carbocycles. The topological polar surface area (TPSA) is 76.5 Å². The number of nitrogens with zero attached hydrogens (tertiary/aromatic N) is 4. The fourth-order valence-electron chi connectivity index (χ4n) is 3.31. The average molecular weight is 406 g/mol. The van der Waals surface area contributed by atoms with Gasteiger partial charge in [-0.25, -0.2) is 4.98 Å². The van der Waals surface area contributed by atoms with E-state index in [9.17, 15) is 4.79 Å². The van der Waals surface area contributed by atoms with Gasteiger partial charge in [0.25, 0.3) is 5.56 Å². The zero-order chi connectivity index (χ0) is 20.4. The van der Waals surface area contributed by atoms with Crippen molar-refractivity contribution in [1.82, 2.24) is 24.7 Å². The van der Waals surface area contributed by atoms with Crippen LogP contribution in [-0.2, 0) is 6.54 Å². The van der Waals surface area contributed by atoms with Crippen LogP contribution < -0.4 is 5.56 Å². The summed E-state index contributed by atoms with van der Waals surface area (Å²) in [5, 5.41) is 10.3. The second-order valence-electron chi connectivity index (χ2n) is 7.06. The summed E-state index contributed by atoms with van der Waals surface area (Å²) >= 11 is 1.56. The fourth-order valence-corrected chi connectivity index (χ4v) is 4.24. The molecule has 2 heterocycles. The zero-order valence-corrected chi connectivity index (χ0v) is 17.5. The summed E-state index contributed by atoms with van der Waals surface area (Å²) < 4.78 is 2.15. The molecule has 0 fully saturated rings. The monoisotopic (exact) mass is 405 g/mol. The highest BCUT2D eigenvalue weighted by atomic mass is 32.2. The normalized spacial score (nSPS) is 12.4. The van der Waals surface area contributed by atoms with Crippen molar-refractivity contribution in [2.24, 2.45) is 0 Å². The van der Waals surface area contributed by atoms with Crippen LogP contribution in [0.5, 0.6) is 0 Å². The van der Waals surface area contributed by atoms with Crippen LogP contribution in [0.3, 0.4) is 0 Å². The lowest BCUT2D eigenvalue weighted by Crippen LogP contribution is -2.13. The molecule has 0 radical (unpaired) electrons. The first-order valence-electron chi connectivity index (χ1n) is 9.72. The van der Waals surface area contributed by atoms with Gasteiger partial charge >= 0.3 is 0 Å². The van der Waals surface area contributed by atoms with E-state index in [-0.39, 0.29) is 10.8 Å². The summed E-state index contributed by atoms with van der Waals surface area (Å²) in [5.74, 6) is 1.51. The van der Waals surface area contributed by atoms with Crippen LogP contribution >= 0.6 is 11.8 Å². The van der Waals surface area contributed by atoms with E-state index in [0.717, 1.165) is 29.5 Å². The predicted octanol–water partition coefficient (Wildman–Crippen LogP) is 4.75. The highest BCUT2D eigenvalue weighted by Crippen LogP contribution is 2.34. The summed E-state index contributed by atoms with van der Waals surface area (Å²) in [6.45, 7) is 7.06. The van der Waals surface area contributed by atoms with Gasteiger partial charge in [-0.3, -0.25) is 4.79 Å². The average Bonchev–Trinajstić information content (AvgIpc) is 3.10. The van der Waals surface area contributed by atoms with E-state index in [2.05, 4.69) is 56.8 Å². The number of aromatic nitrogens is 5. The van der Waals surface area contributed by atoms with Crippen molar-refractivity contribution in [3.05, 3.63) is 70.3 Å². The lowest BCUT2D eigenvalue weighted by molar-refractivity contribution is 0.625. The van der Waals surface area contributed by atoms with Crippen LogP contribution in [0, 0.1) is 6.92 Å². The molecule has 1 atom stereocenters. The Labute approximate surface area is 173 Å². The van der Waals surface area contributed by atoms with Crippen LogP contribution in [0.2, 0.25) is 0 Å². The summed E-state index contributed by atoms with van der Waals surface area (Å²) in [7, 11) is 0. The first-order chi connectivity index (χ1) is 14.1. The Morgan fingerprint density at radius 2 is 1.97 bits per heavy atom. The van der Waals surface area contributed by atoms with Gasteiger partial charge in [0.1, 0.15) is 5.82 Å². The number of rotatable bonds is 6. The second-order valence-corrected chi connectivity index (χ2v) is 8.36. The molecule has 4 aromatic rings. The SMILES string of the molecule is CCCn1c(S[C@@H](C)c2nc3ccccc3c(=O)[nH]2)nnc1-c1cccc(C)c1. The molecule has 1 N–H and O–H groups in total. The predicted molar refractivity (Wildman–Crippen MR) is 117 cm³/mol. The molecule has 2 aromatic heterocycles. The van der Waals surface area contributed by atoms with Gasteiger partial charge in [-0.2, -0.15) is 0 Å². The van der Waals surface area contributed by atoms with E-state index in [1.54, 1.807) is 17.8 Å². The molecular weight excluding hydrogens is 382 g/mol. The molecule has 0 aliphatic rings. The van der Waals surface area contributed by atoms with Crippen LogP contribution in [0.15, 0.2) is 58.5 Å². The molecule has 0 bridgehead atoms. The molecule has 0 amide bonds. The number of hydrogen-bond acceptors (Lipinski definition) is 5. The van der Waals surface area contributed by atoms with Crippen LogP contribution in [0.1, 0.15) is 36.9 Å². The van der Waals surface area contributed by atoms with E-state index >= 15 is 0 Å². The fraction of sp³-hybridized carbons (Fsp3) is 0.273. The van der Waals surface area contributed by atoms with Crippen molar-refractivity contribution in [1.29, 1.82) is 0 Å². The minimum Gasteiger partial charge on any atom is -0.309 e. The van der Waals surface area contributed by atoms with Crippen molar-refractivity contribution >= 4 is 22.7 Å². The number of fused-ring (bicyclic) bond motifs is 1. The third-order valence-electron chi connectivity index (χ3n) is 4.74. The molecule has 0 aliphatic heterocycles. The maximum atomic E-state index is 12.4. The highest BCUT2D eigenvalue weighted by Gasteiger charge is 2.19. The van der Waals surface area contributed by atoms with Crippen molar-refractivity contribution in [3.63, 3.8) is 0 Å². The zero-order valence-electron chi connectivity index (χ0n) is 16.7. The van der Waals surface area contributed by atoms with Crippen LogP contribution in [0.25, 0.3) is 22.3 Å². The van der Waals surface area contributed by atoms with Crippen molar-refractivity contribution in [2.45, 2.75) is 44.1 Å². The van der Waals surface area contributed by atoms with Gasteiger partial charge in [-0.1, -0.05) is 54.6 Å². The quantitative estimate of drug-likeness (QED) is 0.468. The molecule has 0 unspecified atom stereocenters. The number of thioether (sulfide) groups is 1. The Kier molecular flexibility index (Phi) is 5.49. The van der Waals surface area contributed by atoms with Crippen molar-refractivity contribution in [3.8, 4) is 11.4 Å². The third-order valence-corrected chi connectivity index (χ3v) is 5.83. The van der Waals surface area contributed by atoms with Crippen LogP contribution in [0.4, 0.5) is 0 Å². The Hall–Kier alpha value is -2.93. The number of nitrogens with one attached hydrogen (secondary N) is 1. The highest BCUT2D eigenvalue weighted by molar-refractivity contribution is 7.99. The standard InChI is InChI=1S/C22H23N5OS/c1-4-12-27-20(16-9-7-8-14(2)13-16)25-26-22(27)29-15(3)19-23-18-11-6-5-10-17(18)21(28)24-19/h5-11,13,15H,4,12H2,1-3H3,(H,23,24,28)/t15-/m0/s1. The van der Waals surface area contributed by atoms with Crippen molar-refractivity contribution in [2.75, 3.05) is 0 Å². The maximum Gasteiger partial charge on any atom is 0.258 e. The van der Waals surface area contributed by atoms with Crippen molar-refractivity contribution < 1.29 is 0 Å². The second kappa shape index (κ2) is 8.21. The van der Waals surface area contributed by atoms with Gasteiger partial charge in [-0.05, 0) is 38.5 Å². The number of hydrogen-bond donors (Lipinski definition) is 1. The number of para-hydroxylation sites is 1. The third kappa shape index (κ3) is 3.96. The Bertz CT molecular complexity index is 1210. The Balaban J connectivity index is 1.68. The van der Waals surface area contributed by atoms with E-state index in [1.807, 2.05) is 31.2 Å². The number of aromatic amines is 1. The molecule has 0 saturated heterocycles. The van der Waals surface area contributed by atoms with E-state index in [1.165, 1.54) is 5.56 Å².